The number of allylic oxidation sites excluding steroid dienone is 5. The first-order valence-electron chi connectivity index (χ1n) is 13.3. The van der Waals surface area contributed by atoms with Crippen LogP contribution < -0.4 is 5.56 Å². The molecule has 2 aromatic rings. The smallest absolute Gasteiger partial charge is 0.410 e. The van der Waals surface area contributed by atoms with E-state index in [1.54, 1.807) is 43.9 Å². The molecule has 206 valence electrons. The number of rotatable bonds is 2. The Morgan fingerprint density at radius 3 is 2.62 bits per heavy atom. The summed E-state index contributed by atoms with van der Waals surface area (Å²) in [6, 6.07) is 5.07. The van der Waals surface area contributed by atoms with Crippen molar-refractivity contribution in [3.63, 3.8) is 0 Å². The molecule has 3 aliphatic heterocycles. The number of alkyl halides is 1. The Bertz CT molecular complexity index is 1500. The molecule has 0 radical (unpaired) electrons. The zero-order chi connectivity index (χ0) is 28.1. The maximum atomic E-state index is 16.0. The Kier molecular flexibility index (Phi) is 6.73. The van der Waals surface area contributed by atoms with Crippen LogP contribution in [0.2, 0.25) is 0 Å². The average molecular weight is 537 g/mol. The first-order valence-corrected chi connectivity index (χ1v) is 13.3. The average Bonchev–Trinajstić information content (AvgIpc) is 3.01. The number of aromatic amines is 1. The van der Waals surface area contributed by atoms with E-state index in [2.05, 4.69) is 16.9 Å². The number of carbonyl (C=O) groups is 1. The van der Waals surface area contributed by atoms with Crippen molar-refractivity contribution in [2.45, 2.75) is 65.2 Å². The van der Waals surface area contributed by atoms with Crippen molar-refractivity contribution < 1.29 is 18.3 Å². The van der Waals surface area contributed by atoms with Crippen LogP contribution in [-0.4, -0.2) is 44.6 Å². The summed E-state index contributed by atoms with van der Waals surface area (Å²) in [6.07, 6.45) is 7.41. The van der Waals surface area contributed by atoms with E-state index in [0.717, 1.165) is 12.0 Å². The van der Waals surface area contributed by atoms with Crippen molar-refractivity contribution in [2.24, 2.45) is 5.92 Å². The lowest BCUT2D eigenvalue weighted by Crippen LogP contribution is -2.46. The quantitative estimate of drug-likeness (QED) is 0.477. The second-order valence-electron chi connectivity index (χ2n) is 11.7. The van der Waals surface area contributed by atoms with Gasteiger partial charge in [0, 0.05) is 43.9 Å². The fourth-order valence-corrected chi connectivity index (χ4v) is 5.02. The number of ether oxygens (including phenoxy) is 1. The molecule has 1 aromatic carbocycles. The standard InChI is InChI=1S/C30H34F2N4O3/c1-18-6-9-25-23(31)15-21(17-36(25)16-19(18)2)20-7-8-24-22(14-20)26(37)34-27(33-24)30(32)10-12-35(13-11-30)28(38)39-29(3,4)5/h7-9,14-18H,6,10-13H2,1-5H3,(H,33,34,37). The van der Waals surface area contributed by atoms with Crippen molar-refractivity contribution in [2.75, 3.05) is 13.1 Å². The van der Waals surface area contributed by atoms with Gasteiger partial charge in [0.25, 0.3) is 5.56 Å². The summed E-state index contributed by atoms with van der Waals surface area (Å²) in [5, 5.41) is 0.290. The minimum atomic E-state index is -1.88. The fourth-order valence-electron chi connectivity index (χ4n) is 5.02. The molecule has 9 heteroatoms. The molecule has 1 amide bonds. The molecule has 5 rings (SSSR count). The molecular weight excluding hydrogens is 502 g/mol. The van der Waals surface area contributed by atoms with Gasteiger partial charge < -0.3 is 19.5 Å². The van der Waals surface area contributed by atoms with E-state index in [1.807, 2.05) is 25.4 Å². The van der Waals surface area contributed by atoms with E-state index >= 15 is 8.78 Å². The maximum absolute atomic E-state index is 16.0. The summed E-state index contributed by atoms with van der Waals surface area (Å²) in [5.41, 5.74) is 0.300. The first-order chi connectivity index (χ1) is 18.3. The number of likely N-dealkylation sites (tertiary alicyclic amines) is 1. The van der Waals surface area contributed by atoms with Gasteiger partial charge in [0.1, 0.15) is 17.3 Å². The normalized spacial score (nSPS) is 21.4. The number of carbonyl (C=O) groups excluding carboxylic acids is 1. The molecule has 1 N–H and O–H groups in total. The van der Waals surface area contributed by atoms with Crippen LogP contribution >= 0.6 is 0 Å². The SMILES string of the molecule is CC1=CN2C=C(c3ccc4nc(C5(F)CCN(C(=O)OC(C)(C)C)CC5)[nH]c(=O)c4c3)C=C(F)C2=CCC1C. The molecule has 1 unspecified atom stereocenters. The van der Waals surface area contributed by atoms with Crippen LogP contribution in [0.4, 0.5) is 13.6 Å². The Hall–Kier alpha value is -3.75. The zero-order valence-corrected chi connectivity index (χ0v) is 23.0. The Balaban J connectivity index is 1.40. The van der Waals surface area contributed by atoms with Gasteiger partial charge in [-0.25, -0.2) is 18.6 Å². The fraction of sp³-hybridized carbons (Fsp3) is 0.433. The molecule has 0 saturated carbocycles. The number of amides is 1. The van der Waals surface area contributed by atoms with E-state index < -0.39 is 22.9 Å². The molecule has 1 atom stereocenters. The highest BCUT2D eigenvalue weighted by atomic mass is 19.1. The summed E-state index contributed by atoms with van der Waals surface area (Å²) < 4.78 is 36.4. The number of nitrogens with one attached hydrogen (secondary N) is 1. The van der Waals surface area contributed by atoms with Gasteiger partial charge in [-0.15, -0.1) is 0 Å². The van der Waals surface area contributed by atoms with Gasteiger partial charge in [0.2, 0.25) is 0 Å². The van der Waals surface area contributed by atoms with Crippen LogP contribution in [0.3, 0.4) is 0 Å². The summed E-state index contributed by atoms with van der Waals surface area (Å²) in [5.74, 6) is -0.0747. The number of H-pyrrole nitrogens is 1. The van der Waals surface area contributed by atoms with Gasteiger partial charge >= 0.3 is 6.09 Å². The predicted molar refractivity (Wildman–Crippen MR) is 147 cm³/mol. The third-order valence-corrected chi connectivity index (χ3v) is 7.54. The topological polar surface area (TPSA) is 78.5 Å². The highest BCUT2D eigenvalue weighted by molar-refractivity contribution is 5.86. The van der Waals surface area contributed by atoms with E-state index in [9.17, 15) is 9.59 Å². The molecule has 3 aliphatic rings. The molecule has 1 aromatic heterocycles. The number of fused-ring (bicyclic) bond motifs is 2. The third-order valence-electron chi connectivity index (χ3n) is 7.54. The number of piperidine rings is 1. The van der Waals surface area contributed by atoms with Crippen molar-refractivity contribution in [1.29, 1.82) is 0 Å². The Morgan fingerprint density at radius 1 is 1.21 bits per heavy atom. The van der Waals surface area contributed by atoms with Crippen LogP contribution in [0.5, 0.6) is 0 Å². The number of benzene rings is 1. The van der Waals surface area contributed by atoms with Gasteiger partial charge in [-0.1, -0.05) is 24.6 Å². The van der Waals surface area contributed by atoms with Crippen LogP contribution in [0.15, 0.2) is 64.6 Å². The molecule has 0 spiro atoms. The summed E-state index contributed by atoms with van der Waals surface area (Å²) in [4.78, 5) is 35.8. The van der Waals surface area contributed by atoms with Crippen molar-refractivity contribution in [3.8, 4) is 0 Å². The molecule has 1 fully saturated rings. The lowest BCUT2D eigenvalue weighted by Gasteiger charge is -2.36. The van der Waals surface area contributed by atoms with Crippen LogP contribution in [0.1, 0.15) is 65.3 Å². The van der Waals surface area contributed by atoms with Gasteiger partial charge in [-0.3, -0.25) is 4.79 Å². The van der Waals surface area contributed by atoms with Gasteiger partial charge in [-0.05, 0) is 63.8 Å². The van der Waals surface area contributed by atoms with Crippen molar-refractivity contribution >= 4 is 22.6 Å². The molecule has 0 aliphatic carbocycles. The summed E-state index contributed by atoms with van der Waals surface area (Å²) in [6.45, 7) is 9.78. The maximum Gasteiger partial charge on any atom is 0.410 e. The third kappa shape index (κ3) is 5.40. The van der Waals surface area contributed by atoms with Crippen LogP contribution in [-0.2, 0) is 10.4 Å². The second-order valence-corrected chi connectivity index (χ2v) is 11.7. The number of hydrogen-bond donors (Lipinski definition) is 1. The summed E-state index contributed by atoms with van der Waals surface area (Å²) >= 11 is 0. The molecule has 4 heterocycles. The van der Waals surface area contributed by atoms with Crippen molar-refractivity contribution in [3.05, 3.63) is 81.6 Å². The minimum Gasteiger partial charge on any atom is -0.444 e. The van der Waals surface area contributed by atoms with Gasteiger partial charge in [-0.2, -0.15) is 0 Å². The molecule has 39 heavy (non-hydrogen) atoms. The zero-order valence-electron chi connectivity index (χ0n) is 23.0. The molecular formula is C30H34F2N4O3. The largest absolute Gasteiger partial charge is 0.444 e. The second kappa shape index (κ2) is 9.77. The number of halogens is 2. The van der Waals surface area contributed by atoms with E-state index in [0.29, 0.717) is 33.7 Å². The first kappa shape index (κ1) is 26.8. The molecule has 0 bridgehead atoms. The Labute approximate surface area is 226 Å². The molecule has 1 saturated heterocycles. The lowest BCUT2D eigenvalue weighted by molar-refractivity contribution is 0.000198. The van der Waals surface area contributed by atoms with Crippen LogP contribution in [0.25, 0.3) is 16.5 Å². The highest BCUT2D eigenvalue weighted by Gasteiger charge is 2.41. The predicted octanol–water partition coefficient (Wildman–Crippen LogP) is 6.46. The Morgan fingerprint density at radius 2 is 1.92 bits per heavy atom. The van der Waals surface area contributed by atoms with E-state index in [4.69, 9.17) is 4.74 Å². The van der Waals surface area contributed by atoms with Gasteiger partial charge in [0.15, 0.2) is 5.67 Å². The minimum absolute atomic E-state index is 0.00698. The van der Waals surface area contributed by atoms with E-state index in [-0.39, 0.29) is 37.6 Å². The monoisotopic (exact) mass is 536 g/mol. The molecule has 7 nitrogen and oxygen atoms in total. The highest BCUT2D eigenvalue weighted by Crippen LogP contribution is 2.37. The van der Waals surface area contributed by atoms with Crippen LogP contribution in [0, 0.1) is 5.92 Å². The number of nitrogens with zero attached hydrogens (tertiary/aromatic N) is 3. The van der Waals surface area contributed by atoms with E-state index in [1.165, 1.54) is 11.0 Å². The number of hydrogen-bond acceptors (Lipinski definition) is 5. The van der Waals surface area contributed by atoms with Crippen molar-refractivity contribution in [1.82, 2.24) is 19.8 Å². The number of aromatic nitrogens is 2. The summed E-state index contributed by atoms with van der Waals surface area (Å²) in [7, 11) is 0. The lowest BCUT2D eigenvalue weighted by atomic mass is 9.92. The van der Waals surface area contributed by atoms with Gasteiger partial charge in [0.05, 0.1) is 16.6 Å².